The van der Waals surface area contributed by atoms with Gasteiger partial charge in [-0.3, -0.25) is 14.9 Å². The smallest absolute Gasteiger partial charge is 0.296 e. The van der Waals surface area contributed by atoms with Crippen molar-refractivity contribution in [1.82, 2.24) is 20.2 Å². The van der Waals surface area contributed by atoms with E-state index in [4.69, 9.17) is 4.74 Å². The number of tetrazole rings is 1. The van der Waals surface area contributed by atoms with Gasteiger partial charge in [-0.05, 0) is 17.3 Å². The van der Waals surface area contributed by atoms with Crippen molar-refractivity contribution < 1.29 is 14.5 Å². The van der Waals surface area contributed by atoms with Crippen LogP contribution in [-0.2, 0) is 11.3 Å². The zero-order chi connectivity index (χ0) is 18.5. The molecule has 0 aliphatic heterocycles. The Labute approximate surface area is 147 Å². The van der Waals surface area contributed by atoms with Gasteiger partial charge in [-0.15, -0.1) is 10.2 Å². The first-order chi connectivity index (χ1) is 12.6. The maximum atomic E-state index is 12.2. The summed E-state index contributed by atoms with van der Waals surface area (Å²) in [5.41, 5.74) is 0.559. The molecule has 3 rings (SSSR count). The number of aromatic nitrogens is 4. The van der Waals surface area contributed by atoms with E-state index in [9.17, 15) is 14.9 Å². The van der Waals surface area contributed by atoms with Gasteiger partial charge in [0.25, 0.3) is 5.69 Å². The average molecular weight is 354 g/mol. The molecule has 0 fully saturated rings. The number of nitro groups is 1. The van der Waals surface area contributed by atoms with Crippen LogP contribution in [-0.4, -0.2) is 38.1 Å². The highest BCUT2D eigenvalue weighted by molar-refractivity contribution is 5.93. The number of hydrogen-bond donors (Lipinski definition) is 1. The molecule has 0 aliphatic rings. The number of carbonyl (C=O) groups excluding carboxylic acids is 1. The first-order valence-electron chi connectivity index (χ1n) is 7.52. The van der Waals surface area contributed by atoms with Crippen molar-refractivity contribution in [1.29, 1.82) is 0 Å². The molecule has 0 atom stereocenters. The van der Waals surface area contributed by atoms with Gasteiger partial charge in [0.2, 0.25) is 11.7 Å². The van der Waals surface area contributed by atoms with Gasteiger partial charge < -0.3 is 10.1 Å². The van der Waals surface area contributed by atoms with Crippen LogP contribution in [0.1, 0.15) is 0 Å². The Morgan fingerprint density at radius 1 is 1.27 bits per heavy atom. The van der Waals surface area contributed by atoms with Gasteiger partial charge in [-0.25, -0.2) is 0 Å². The molecule has 1 aromatic heterocycles. The molecule has 26 heavy (non-hydrogen) atoms. The van der Waals surface area contributed by atoms with Crippen LogP contribution in [0.4, 0.5) is 11.4 Å². The number of amides is 1. The van der Waals surface area contributed by atoms with Crippen LogP contribution < -0.4 is 10.1 Å². The zero-order valence-electron chi connectivity index (χ0n) is 13.7. The molecule has 0 aliphatic carbocycles. The Hall–Kier alpha value is -3.82. The lowest BCUT2D eigenvalue weighted by atomic mass is 10.2. The number of anilines is 1. The quantitative estimate of drug-likeness (QED) is 0.529. The van der Waals surface area contributed by atoms with Gasteiger partial charge in [0.1, 0.15) is 18.0 Å². The fourth-order valence-corrected chi connectivity index (χ4v) is 2.23. The maximum Gasteiger partial charge on any atom is 0.296 e. The molecule has 0 radical (unpaired) electrons. The lowest BCUT2D eigenvalue weighted by Crippen LogP contribution is -2.21. The third-order valence-corrected chi connectivity index (χ3v) is 3.45. The van der Waals surface area contributed by atoms with Gasteiger partial charge >= 0.3 is 0 Å². The van der Waals surface area contributed by atoms with Crippen LogP contribution in [0.5, 0.6) is 5.75 Å². The summed E-state index contributed by atoms with van der Waals surface area (Å²) in [6.07, 6.45) is 0. The van der Waals surface area contributed by atoms with Gasteiger partial charge in [0.05, 0.1) is 18.1 Å². The number of rotatable bonds is 6. The summed E-state index contributed by atoms with van der Waals surface area (Å²) in [7, 11) is 1.40. The van der Waals surface area contributed by atoms with Crippen molar-refractivity contribution >= 4 is 17.3 Å². The van der Waals surface area contributed by atoms with Gasteiger partial charge in [0.15, 0.2) is 0 Å². The Balaban J connectivity index is 1.72. The molecule has 10 nitrogen and oxygen atoms in total. The normalized spacial score (nSPS) is 10.3. The molecule has 1 N–H and O–H groups in total. The van der Waals surface area contributed by atoms with Crippen LogP contribution in [0.2, 0.25) is 0 Å². The summed E-state index contributed by atoms with van der Waals surface area (Å²) in [4.78, 5) is 23.8. The van der Waals surface area contributed by atoms with Crippen molar-refractivity contribution in [3.63, 3.8) is 0 Å². The van der Waals surface area contributed by atoms with Crippen molar-refractivity contribution in [3.8, 4) is 17.1 Å². The Kier molecular flexibility index (Phi) is 4.83. The highest BCUT2D eigenvalue weighted by Gasteiger charge is 2.18. The summed E-state index contributed by atoms with van der Waals surface area (Å²) in [5.74, 6) is 0.184. The summed E-state index contributed by atoms with van der Waals surface area (Å²) < 4.78 is 4.96. The number of nitrogens with zero attached hydrogens (tertiary/aromatic N) is 5. The van der Waals surface area contributed by atoms with Crippen LogP contribution in [0, 0.1) is 10.1 Å². The van der Waals surface area contributed by atoms with Crippen LogP contribution in [0.3, 0.4) is 0 Å². The SMILES string of the molecule is COc1ccc(NC(=O)Cn2nnc(-c3ccccc3)n2)c([N+](=O)[O-])c1. The third-order valence-electron chi connectivity index (χ3n) is 3.45. The molecule has 132 valence electrons. The molecule has 1 heterocycles. The first kappa shape index (κ1) is 17.0. The monoisotopic (exact) mass is 354 g/mol. The molecule has 0 bridgehead atoms. The molecule has 0 saturated heterocycles. The van der Waals surface area contributed by atoms with Crippen molar-refractivity contribution in [2.24, 2.45) is 0 Å². The van der Waals surface area contributed by atoms with E-state index in [1.807, 2.05) is 30.3 Å². The van der Waals surface area contributed by atoms with E-state index < -0.39 is 10.8 Å². The zero-order valence-corrected chi connectivity index (χ0v) is 13.7. The van der Waals surface area contributed by atoms with E-state index in [0.717, 1.165) is 10.4 Å². The minimum absolute atomic E-state index is 0.0594. The fourth-order valence-electron chi connectivity index (χ4n) is 2.23. The number of benzene rings is 2. The van der Waals surface area contributed by atoms with Crippen molar-refractivity contribution in [3.05, 3.63) is 58.6 Å². The minimum Gasteiger partial charge on any atom is -0.496 e. The summed E-state index contributed by atoms with van der Waals surface area (Å²) >= 11 is 0. The molecule has 0 unspecified atom stereocenters. The Morgan fingerprint density at radius 2 is 2.04 bits per heavy atom. The number of methoxy groups -OCH3 is 1. The highest BCUT2D eigenvalue weighted by atomic mass is 16.6. The lowest BCUT2D eigenvalue weighted by Gasteiger charge is -2.07. The summed E-state index contributed by atoms with van der Waals surface area (Å²) in [5, 5.41) is 25.5. The van der Waals surface area contributed by atoms with E-state index in [2.05, 4.69) is 20.7 Å². The Morgan fingerprint density at radius 3 is 2.73 bits per heavy atom. The second-order valence-electron chi connectivity index (χ2n) is 5.20. The second-order valence-corrected chi connectivity index (χ2v) is 5.20. The van der Waals surface area contributed by atoms with E-state index in [-0.39, 0.29) is 17.9 Å². The van der Waals surface area contributed by atoms with Crippen LogP contribution in [0.25, 0.3) is 11.4 Å². The van der Waals surface area contributed by atoms with Gasteiger partial charge in [-0.2, -0.15) is 4.80 Å². The molecule has 1 amide bonds. The minimum atomic E-state index is -0.598. The number of nitro benzene ring substituents is 1. The molecule has 3 aromatic rings. The molecule has 0 saturated carbocycles. The average Bonchev–Trinajstić information content (AvgIpc) is 3.11. The maximum absolute atomic E-state index is 12.2. The number of hydrogen-bond acceptors (Lipinski definition) is 7. The predicted octanol–water partition coefficient (Wildman–Crippen LogP) is 1.90. The van der Waals surface area contributed by atoms with E-state index in [0.29, 0.717) is 11.6 Å². The molecule has 10 heteroatoms. The number of ether oxygens (including phenoxy) is 1. The fraction of sp³-hybridized carbons (Fsp3) is 0.125. The van der Waals surface area contributed by atoms with E-state index >= 15 is 0 Å². The van der Waals surface area contributed by atoms with Crippen LogP contribution in [0.15, 0.2) is 48.5 Å². The molecular weight excluding hydrogens is 340 g/mol. The first-order valence-corrected chi connectivity index (χ1v) is 7.52. The topological polar surface area (TPSA) is 125 Å². The summed E-state index contributed by atoms with van der Waals surface area (Å²) in [6.45, 7) is -0.233. The van der Waals surface area contributed by atoms with Crippen molar-refractivity contribution in [2.45, 2.75) is 6.54 Å². The Bertz CT molecular complexity index is 941. The summed E-state index contributed by atoms with van der Waals surface area (Å²) in [6, 6.07) is 13.3. The van der Waals surface area contributed by atoms with E-state index in [1.54, 1.807) is 0 Å². The highest BCUT2D eigenvalue weighted by Crippen LogP contribution is 2.28. The largest absolute Gasteiger partial charge is 0.496 e. The molecule has 0 spiro atoms. The number of nitrogens with one attached hydrogen (secondary N) is 1. The van der Waals surface area contributed by atoms with Gasteiger partial charge in [-0.1, -0.05) is 30.3 Å². The molecular formula is C16H14N6O4. The van der Waals surface area contributed by atoms with Gasteiger partial charge in [0, 0.05) is 5.56 Å². The van der Waals surface area contributed by atoms with Crippen molar-refractivity contribution in [2.75, 3.05) is 12.4 Å². The molecule has 2 aromatic carbocycles. The standard InChI is InChI=1S/C16H14N6O4/c1-26-12-7-8-13(14(9-12)22(24)25)17-15(23)10-21-19-16(18-20-21)11-5-3-2-4-6-11/h2-9H,10H2,1H3,(H,17,23). The predicted molar refractivity (Wildman–Crippen MR) is 91.5 cm³/mol. The number of carbonyl (C=O) groups is 1. The third kappa shape index (κ3) is 3.80. The second kappa shape index (κ2) is 7.38. The van der Waals surface area contributed by atoms with Crippen LogP contribution >= 0.6 is 0 Å². The van der Waals surface area contributed by atoms with E-state index in [1.165, 1.54) is 25.3 Å². The lowest BCUT2D eigenvalue weighted by molar-refractivity contribution is -0.384.